The topological polar surface area (TPSA) is 80.1 Å². The first-order valence-electron chi connectivity index (χ1n) is 9.36. The number of nitrogens with one attached hydrogen (secondary N) is 1. The molecule has 0 radical (unpaired) electrons. The third-order valence-corrected chi connectivity index (χ3v) is 4.64. The van der Waals surface area contributed by atoms with Gasteiger partial charge < -0.3 is 9.84 Å². The largest absolute Gasteiger partial charge is 0.494 e. The van der Waals surface area contributed by atoms with Gasteiger partial charge >= 0.3 is 0 Å². The lowest BCUT2D eigenvalue weighted by Crippen LogP contribution is -2.15. The molecule has 4 rings (SSSR count). The number of aromatic nitrogens is 3. The molecule has 0 atom stereocenters. The molecule has 7 heteroatoms. The Hall–Kier alpha value is -4.19. The van der Waals surface area contributed by atoms with Crippen LogP contribution in [0.1, 0.15) is 11.1 Å². The van der Waals surface area contributed by atoms with E-state index in [1.165, 1.54) is 10.6 Å². The monoisotopic (exact) mass is 427 g/mol. The Kier molecular flexibility index (Phi) is 5.89. The van der Waals surface area contributed by atoms with Crippen molar-refractivity contribution in [2.75, 3.05) is 0 Å². The van der Waals surface area contributed by atoms with Crippen LogP contribution in [-0.2, 0) is 0 Å². The van der Waals surface area contributed by atoms with Gasteiger partial charge in [-0.15, -0.1) is 5.73 Å². The Balaban J connectivity index is 1.67. The number of para-hydroxylation sites is 1. The van der Waals surface area contributed by atoms with E-state index in [4.69, 9.17) is 17.0 Å². The summed E-state index contributed by atoms with van der Waals surface area (Å²) in [5.74, 6) is 1.06. The predicted octanol–water partition coefficient (Wildman–Crippen LogP) is 5.11. The summed E-state index contributed by atoms with van der Waals surface area (Å²) in [6, 6.07) is 20.0. The van der Waals surface area contributed by atoms with Crippen LogP contribution >= 0.6 is 12.2 Å². The van der Waals surface area contributed by atoms with Gasteiger partial charge in [-0.05, 0) is 66.8 Å². The van der Waals surface area contributed by atoms with Gasteiger partial charge in [-0.2, -0.15) is 0 Å². The second-order valence-corrected chi connectivity index (χ2v) is 6.87. The van der Waals surface area contributed by atoms with Crippen molar-refractivity contribution in [3.8, 4) is 23.1 Å². The molecule has 0 saturated carbocycles. The molecule has 6 nitrogen and oxygen atoms in total. The lowest BCUT2D eigenvalue weighted by Gasteiger charge is -2.12. The lowest BCUT2D eigenvalue weighted by atomic mass is 10.2. The SMILES string of the molecule is O=c1[nH]c(=S)n(-c2ccc(Oc3ccccc3)cc2)c(O)c1C=C=Cc1cccnc1. The van der Waals surface area contributed by atoms with E-state index in [2.05, 4.69) is 15.7 Å². The van der Waals surface area contributed by atoms with Gasteiger partial charge in [0.05, 0.1) is 5.69 Å². The minimum Gasteiger partial charge on any atom is -0.494 e. The highest BCUT2D eigenvalue weighted by molar-refractivity contribution is 7.71. The fourth-order valence-corrected chi connectivity index (χ4v) is 3.16. The molecule has 0 saturated heterocycles. The fraction of sp³-hybridized carbons (Fsp3) is 0. The van der Waals surface area contributed by atoms with Crippen molar-refractivity contribution < 1.29 is 9.84 Å². The molecule has 0 unspecified atom stereocenters. The number of aromatic amines is 1. The van der Waals surface area contributed by atoms with Crippen molar-refractivity contribution >= 4 is 24.4 Å². The molecular weight excluding hydrogens is 410 g/mol. The van der Waals surface area contributed by atoms with Crippen LogP contribution in [-0.4, -0.2) is 19.6 Å². The molecule has 2 aromatic carbocycles. The first-order chi connectivity index (χ1) is 15.1. The second kappa shape index (κ2) is 9.09. The maximum absolute atomic E-state index is 12.3. The number of nitrogens with zero attached hydrogens (tertiary/aromatic N) is 2. The zero-order valence-corrected chi connectivity index (χ0v) is 17.0. The Morgan fingerprint density at radius 3 is 2.45 bits per heavy atom. The summed E-state index contributed by atoms with van der Waals surface area (Å²) in [5.41, 5.74) is 3.82. The molecule has 2 N–H and O–H groups in total. The van der Waals surface area contributed by atoms with Crippen LogP contribution in [0, 0.1) is 4.77 Å². The molecule has 0 spiro atoms. The van der Waals surface area contributed by atoms with Crippen LogP contribution in [0.15, 0.2) is 89.6 Å². The smallest absolute Gasteiger partial charge is 0.263 e. The molecule has 0 aliphatic heterocycles. The number of aromatic hydroxyl groups is 1. The highest BCUT2D eigenvalue weighted by Crippen LogP contribution is 2.25. The van der Waals surface area contributed by atoms with Gasteiger partial charge in [0, 0.05) is 18.0 Å². The zero-order valence-electron chi connectivity index (χ0n) is 16.2. The highest BCUT2D eigenvalue weighted by atomic mass is 32.1. The lowest BCUT2D eigenvalue weighted by molar-refractivity contribution is 0.431. The van der Waals surface area contributed by atoms with Crippen LogP contribution < -0.4 is 10.3 Å². The number of pyridine rings is 1. The van der Waals surface area contributed by atoms with Crippen molar-refractivity contribution in [2.24, 2.45) is 0 Å². The summed E-state index contributed by atoms with van der Waals surface area (Å²) < 4.78 is 7.24. The van der Waals surface area contributed by atoms with Crippen LogP contribution in [0.2, 0.25) is 0 Å². The number of hydrogen-bond donors (Lipinski definition) is 2. The molecule has 0 bridgehead atoms. The first kappa shape index (κ1) is 20.1. The van der Waals surface area contributed by atoms with Gasteiger partial charge in [0.25, 0.3) is 5.56 Å². The van der Waals surface area contributed by atoms with E-state index in [0.29, 0.717) is 17.2 Å². The number of ether oxygens (including phenoxy) is 1. The Morgan fingerprint density at radius 1 is 1.00 bits per heavy atom. The molecule has 4 aromatic rings. The van der Waals surface area contributed by atoms with Gasteiger partial charge in [0.2, 0.25) is 5.88 Å². The molecule has 0 aliphatic rings. The summed E-state index contributed by atoms with van der Waals surface area (Å²) in [6.07, 6.45) is 6.39. The Morgan fingerprint density at radius 2 is 1.74 bits per heavy atom. The van der Waals surface area contributed by atoms with Gasteiger partial charge in [-0.25, -0.2) is 0 Å². The van der Waals surface area contributed by atoms with E-state index in [1.807, 2.05) is 36.4 Å². The summed E-state index contributed by atoms with van der Waals surface area (Å²) in [5, 5.41) is 10.8. The Bertz CT molecular complexity index is 1370. The van der Waals surface area contributed by atoms with Crippen molar-refractivity contribution in [1.82, 2.24) is 14.5 Å². The van der Waals surface area contributed by atoms with Crippen LogP contribution in [0.3, 0.4) is 0 Å². The summed E-state index contributed by atoms with van der Waals surface area (Å²) >= 11 is 5.26. The standard InChI is InChI=1S/C24H17N3O3S/c28-22-21(10-4-6-17-7-5-15-25-16-17)23(29)27(24(31)26-22)18-11-13-20(14-12-18)30-19-8-2-1-3-9-19/h1-3,5-16,29H,(H,26,28,31). The van der Waals surface area contributed by atoms with Crippen molar-refractivity contribution in [1.29, 1.82) is 0 Å². The van der Waals surface area contributed by atoms with Gasteiger partial charge in [0.15, 0.2) is 4.77 Å². The molecule has 0 aliphatic carbocycles. The number of rotatable bonds is 5. The van der Waals surface area contributed by atoms with Gasteiger partial charge in [0.1, 0.15) is 17.1 Å². The van der Waals surface area contributed by atoms with E-state index in [1.54, 1.807) is 48.8 Å². The fourth-order valence-electron chi connectivity index (χ4n) is 2.88. The predicted molar refractivity (Wildman–Crippen MR) is 122 cm³/mol. The third-order valence-electron chi connectivity index (χ3n) is 4.36. The summed E-state index contributed by atoms with van der Waals surface area (Å²) in [7, 11) is 0. The van der Waals surface area contributed by atoms with Crippen LogP contribution in [0.5, 0.6) is 17.4 Å². The van der Waals surface area contributed by atoms with E-state index in [9.17, 15) is 9.90 Å². The maximum atomic E-state index is 12.3. The number of benzene rings is 2. The quantitative estimate of drug-likeness (QED) is 0.342. The van der Waals surface area contributed by atoms with E-state index in [0.717, 1.165) is 5.56 Å². The summed E-state index contributed by atoms with van der Waals surface area (Å²) in [4.78, 5) is 18.9. The maximum Gasteiger partial charge on any atom is 0.263 e. The first-order valence-corrected chi connectivity index (χ1v) is 9.77. The molecule has 0 amide bonds. The molecule has 31 heavy (non-hydrogen) atoms. The van der Waals surface area contributed by atoms with Crippen molar-refractivity contribution in [2.45, 2.75) is 0 Å². The average Bonchev–Trinajstić information content (AvgIpc) is 2.78. The second-order valence-electron chi connectivity index (χ2n) is 6.48. The molecule has 152 valence electrons. The molecular formula is C24H17N3O3S. The minimum absolute atomic E-state index is 0.0401. The van der Waals surface area contributed by atoms with Crippen LogP contribution in [0.4, 0.5) is 0 Å². The Labute approximate surface area is 183 Å². The number of H-pyrrole nitrogens is 1. The van der Waals surface area contributed by atoms with E-state index in [-0.39, 0.29) is 16.2 Å². The van der Waals surface area contributed by atoms with Crippen molar-refractivity contribution in [3.63, 3.8) is 0 Å². The molecule has 2 aromatic heterocycles. The van der Waals surface area contributed by atoms with Crippen LogP contribution in [0.25, 0.3) is 17.8 Å². The number of hydrogen-bond acceptors (Lipinski definition) is 5. The van der Waals surface area contributed by atoms with E-state index < -0.39 is 5.56 Å². The van der Waals surface area contributed by atoms with Gasteiger partial charge in [-0.3, -0.25) is 19.3 Å². The molecule has 2 heterocycles. The normalized spacial score (nSPS) is 10.2. The highest BCUT2D eigenvalue weighted by Gasteiger charge is 2.12. The minimum atomic E-state index is -0.505. The molecule has 0 fully saturated rings. The average molecular weight is 427 g/mol. The van der Waals surface area contributed by atoms with Gasteiger partial charge in [-0.1, -0.05) is 24.3 Å². The summed E-state index contributed by atoms with van der Waals surface area (Å²) in [6.45, 7) is 0. The van der Waals surface area contributed by atoms with E-state index >= 15 is 0 Å². The van der Waals surface area contributed by atoms with Crippen molar-refractivity contribution in [3.05, 3.63) is 111 Å². The third kappa shape index (κ3) is 4.70. The zero-order chi connectivity index (χ0) is 21.6.